The summed E-state index contributed by atoms with van der Waals surface area (Å²) in [5, 5.41) is 12.1. The molecule has 1 aromatic heterocycles. The first-order valence-electron chi connectivity index (χ1n) is 5.16. The summed E-state index contributed by atoms with van der Waals surface area (Å²) in [6.07, 6.45) is 1.57. The van der Waals surface area contributed by atoms with E-state index in [0.29, 0.717) is 14.9 Å². The Morgan fingerprint density at radius 3 is 2.79 bits per heavy atom. The van der Waals surface area contributed by atoms with Crippen LogP contribution in [0.2, 0.25) is 5.02 Å². The predicted molar refractivity (Wildman–Crippen MR) is 74.3 cm³/mol. The van der Waals surface area contributed by atoms with E-state index in [1.54, 1.807) is 30.5 Å². The highest BCUT2D eigenvalue weighted by atomic mass is 35.5. The monoisotopic (exact) mass is 296 g/mol. The van der Waals surface area contributed by atoms with Crippen LogP contribution in [0.5, 0.6) is 0 Å². The number of anilines is 1. The fourth-order valence-electron chi connectivity index (χ4n) is 1.46. The van der Waals surface area contributed by atoms with Crippen LogP contribution in [-0.2, 0) is 0 Å². The van der Waals surface area contributed by atoms with Crippen molar-refractivity contribution in [2.45, 2.75) is 9.92 Å². The van der Waals surface area contributed by atoms with Gasteiger partial charge in [0.15, 0.2) is 0 Å². The van der Waals surface area contributed by atoms with E-state index < -0.39 is 4.92 Å². The molecule has 1 heterocycles. The van der Waals surface area contributed by atoms with Crippen molar-refractivity contribution in [1.82, 2.24) is 4.98 Å². The van der Waals surface area contributed by atoms with Gasteiger partial charge in [-0.05, 0) is 24.3 Å². The van der Waals surface area contributed by atoms with Crippen LogP contribution in [0, 0.1) is 10.1 Å². The van der Waals surface area contributed by atoms with Crippen LogP contribution in [0.4, 0.5) is 11.4 Å². The van der Waals surface area contributed by atoms with E-state index in [0.717, 1.165) is 11.8 Å². The van der Waals surface area contributed by atoms with Gasteiger partial charge in [0.25, 0.3) is 0 Å². The summed E-state index contributed by atoms with van der Waals surface area (Å²) >= 11 is 7.10. The number of benzene rings is 1. The third-order valence-corrected chi connectivity index (χ3v) is 3.75. The van der Waals surface area contributed by atoms with Gasteiger partial charge < -0.3 is 5.43 Å². The van der Waals surface area contributed by atoms with Gasteiger partial charge in [0, 0.05) is 6.20 Å². The molecule has 6 nitrogen and oxygen atoms in total. The first kappa shape index (κ1) is 13.6. The Labute approximate surface area is 118 Å². The van der Waals surface area contributed by atoms with E-state index in [1.807, 2.05) is 0 Å². The molecule has 1 aromatic carbocycles. The molecule has 8 heteroatoms. The Morgan fingerprint density at radius 1 is 1.37 bits per heavy atom. The molecule has 2 aromatic rings. The van der Waals surface area contributed by atoms with Crippen molar-refractivity contribution in [1.29, 1.82) is 0 Å². The zero-order valence-corrected chi connectivity index (χ0v) is 11.1. The minimum atomic E-state index is -0.492. The summed E-state index contributed by atoms with van der Waals surface area (Å²) in [5.41, 5.74) is 2.45. The quantitative estimate of drug-likeness (QED) is 0.511. The van der Waals surface area contributed by atoms with E-state index in [1.165, 1.54) is 6.07 Å². The van der Waals surface area contributed by atoms with Crippen LogP contribution in [-0.4, -0.2) is 9.91 Å². The zero-order valence-electron chi connectivity index (χ0n) is 9.54. The Morgan fingerprint density at radius 2 is 2.16 bits per heavy atom. The number of nitro groups is 1. The molecule has 0 unspecified atom stereocenters. The van der Waals surface area contributed by atoms with Crippen molar-refractivity contribution < 1.29 is 4.92 Å². The Balaban J connectivity index is 2.46. The molecule has 0 atom stereocenters. The maximum atomic E-state index is 11.1. The lowest BCUT2D eigenvalue weighted by atomic mass is 10.3. The zero-order chi connectivity index (χ0) is 13.8. The molecule has 0 aliphatic carbocycles. The molecule has 0 aliphatic heterocycles. The fourth-order valence-corrected chi connectivity index (χ4v) is 2.61. The summed E-state index contributed by atoms with van der Waals surface area (Å²) in [7, 11) is 0. The molecular weight excluding hydrogens is 288 g/mol. The molecule has 0 spiro atoms. The molecule has 2 rings (SSSR count). The standard InChI is InChI=1S/C11H9ClN4O2S/c12-7-3-2-6-14-11(7)19-9-5-1-4-8(15-13)10(9)16(17)18/h1-6,15H,13H2. The number of nitrogens with one attached hydrogen (secondary N) is 1. The Bertz CT molecular complexity index is 623. The Hall–Kier alpha value is -1.83. The SMILES string of the molecule is NNc1cccc(Sc2ncccc2Cl)c1[N+](=O)[O-]. The molecule has 3 N–H and O–H groups in total. The third kappa shape index (κ3) is 2.95. The number of hydrogen-bond acceptors (Lipinski definition) is 6. The van der Waals surface area contributed by atoms with Gasteiger partial charge in [0.1, 0.15) is 10.7 Å². The van der Waals surface area contributed by atoms with Gasteiger partial charge in [0.2, 0.25) is 0 Å². The lowest BCUT2D eigenvalue weighted by molar-refractivity contribution is -0.386. The molecule has 0 aliphatic rings. The molecule has 19 heavy (non-hydrogen) atoms. The van der Waals surface area contributed by atoms with E-state index in [2.05, 4.69) is 10.4 Å². The number of hydrazine groups is 1. The van der Waals surface area contributed by atoms with E-state index in [9.17, 15) is 10.1 Å². The van der Waals surface area contributed by atoms with Gasteiger partial charge in [-0.3, -0.25) is 16.0 Å². The second-order valence-corrected chi connectivity index (χ2v) is 4.88. The molecule has 98 valence electrons. The number of nitrogens with two attached hydrogens (primary N) is 1. The second kappa shape index (κ2) is 5.87. The average Bonchev–Trinajstić information content (AvgIpc) is 2.40. The van der Waals surface area contributed by atoms with Gasteiger partial charge in [-0.1, -0.05) is 29.4 Å². The number of nitrogens with zero attached hydrogens (tertiary/aromatic N) is 2. The van der Waals surface area contributed by atoms with Crippen LogP contribution in [0.1, 0.15) is 0 Å². The third-order valence-electron chi connectivity index (χ3n) is 2.27. The average molecular weight is 297 g/mol. The summed E-state index contributed by atoms with van der Waals surface area (Å²) in [6.45, 7) is 0. The van der Waals surface area contributed by atoms with Crippen LogP contribution in [0.25, 0.3) is 0 Å². The molecule has 0 amide bonds. The van der Waals surface area contributed by atoms with Crippen LogP contribution in [0.15, 0.2) is 46.5 Å². The van der Waals surface area contributed by atoms with Crippen molar-refractivity contribution in [3.05, 3.63) is 51.7 Å². The number of aromatic nitrogens is 1. The van der Waals surface area contributed by atoms with Crippen molar-refractivity contribution in [2.75, 3.05) is 5.43 Å². The normalized spacial score (nSPS) is 10.2. The molecule has 0 saturated heterocycles. The molecule has 0 radical (unpaired) electrons. The minimum absolute atomic E-state index is 0.100. The molecule has 0 fully saturated rings. The minimum Gasteiger partial charge on any atom is -0.318 e. The van der Waals surface area contributed by atoms with Crippen molar-refractivity contribution >= 4 is 34.7 Å². The topological polar surface area (TPSA) is 94.1 Å². The number of nitrogen functional groups attached to an aromatic ring is 1. The number of para-hydroxylation sites is 1. The van der Waals surface area contributed by atoms with Crippen LogP contribution >= 0.6 is 23.4 Å². The highest BCUT2D eigenvalue weighted by molar-refractivity contribution is 7.99. The van der Waals surface area contributed by atoms with Crippen molar-refractivity contribution in [2.24, 2.45) is 5.84 Å². The highest BCUT2D eigenvalue weighted by Crippen LogP contribution is 2.40. The number of rotatable bonds is 4. The molecule has 0 bridgehead atoms. The first-order chi connectivity index (χ1) is 9.13. The second-order valence-electron chi connectivity index (χ2n) is 3.45. The maximum absolute atomic E-state index is 11.1. The number of pyridine rings is 1. The van der Waals surface area contributed by atoms with E-state index >= 15 is 0 Å². The molecule has 0 saturated carbocycles. The number of hydrogen-bond donors (Lipinski definition) is 2. The van der Waals surface area contributed by atoms with Crippen LogP contribution in [0.3, 0.4) is 0 Å². The largest absolute Gasteiger partial charge is 0.318 e. The van der Waals surface area contributed by atoms with Crippen molar-refractivity contribution in [3.63, 3.8) is 0 Å². The summed E-state index contributed by atoms with van der Waals surface area (Å²) in [4.78, 5) is 15.1. The van der Waals surface area contributed by atoms with E-state index in [-0.39, 0.29) is 11.4 Å². The Kier molecular flexibility index (Phi) is 4.20. The highest BCUT2D eigenvalue weighted by Gasteiger charge is 2.20. The van der Waals surface area contributed by atoms with Gasteiger partial charge in [0.05, 0.1) is 14.8 Å². The van der Waals surface area contributed by atoms with Gasteiger partial charge in [-0.25, -0.2) is 4.98 Å². The number of nitro benzene ring substituents is 1. The van der Waals surface area contributed by atoms with Gasteiger partial charge in [-0.15, -0.1) is 0 Å². The van der Waals surface area contributed by atoms with Crippen LogP contribution < -0.4 is 11.3 Å². The summed E-state index contributed by atoms with van der Waals surface area (Å²) in [6, 6.07) is 8.19. The van der Waals surface area contributed by atoms with Crippen molar-refractivity contribution in [3.8, 4) is 0 Å². The predicted octanol–water partition coefficient (Wildman–Crippen LogP) is 3.08. The first-order valence-corrected chi connectivity index (χ1v) is 6.35. The number of halogens is 1. The lowest BCUT2D eigenvalue weighted by Crippen LogP contribution is -2.09. The fraction of sp³-hybridized carbons (Fsp3) is 0. The summed E-state index contributed by atoms with van der Waals surface area (Å²) in [5.74, 6) is 5.28. The smallest absolute Gasteiger partial charge is 0.307 e. The lowest BCUT2D eigenvalue weighted by Gasteiger charge is -2.07. The van der Waals surface area contributed by atoms with Gasteiger partial charge >= 0.3 is 5.69 Å². The van der Waals surface area contributed by atoms with Gasteiger partial charge in [-0.2, -0.15) is 0 Å². The summed E-state index contributed by atoms with van der Waals surface area (Å²) < 4.78 is 0. The van der Waals surface area contributed by atoms with E-state index in [4.69, 9.17) is 17.4 Å². The maximum Gasteiger partial charge on any atom is 0.307 e. The molecular formula is C11H9ClN4O2S.